The maximum absolute atomic E-state index is 11.7. The van der Waals surface area contributed by atoms with E-state index < -0.39 is 28.3 Å². The molecule has 122 valence electrons. The molecular formula is C15H16N2O5S. The molecule has 1 N–H and O–H groups in total. The first-order chi connectivity index (χ1) is 10.9. The maximum atomic E-state index is 11.7. The molecule has 1 aliphatic heterocycles. The summed E-state index contributed by atoms with van der Waals surface area (Å²) >= 11 is 0. The average Bonchev–Trinajstić information content (AvgIpc) is 2.84. The van der Waals surface area contributed by atoms with E-state index in [9.17, 15) is 18.0 Å². The van der Waals surface area contributed by atoms with Crippen LogP contribution in [0.4, 0.5) is 5.69 Å². The molecular weight excluding hydrogens is 320 g/mol. The van der Waals surface area contributed by atoms with Crippen LogP contribution < -0.4 is 5.32 Å². The molecule has 2 rings (SSSR count). The molecule has 8 heteroatoms. The predicted molar refractivity (Wildman–Crippen MR) is 82.1 cm³/mol. The Morgan fingerprint density at radius 3 is 2.74 bits per heavy atom. The van der Waals surface area contributed by atoms with E-state index in [0.29, 0.717) is 17.7 Å². The first kappa shape index (κ1) is 17.0. The van der Waals surface area contributed by atoms with Gasteiger partial charge in [0.2, 0.25) is 0 Å². The highest BCUT2D eigenvalue weighted by atomic mass is 32.2. The van der Waals surface area contributed by atoms with Crippen molar-refractivity contribution in [3.8, 4) is 6.07 Å². The molecule has 1 aliphatic rings. The topological polar surface area (TPSA) is 113 Å². The lowest BCUT2D eigenvalue weighted by molar-refractivity contribution is -0.148. The molecule has 1 aromatic rings. The van der Waals surface area contributed by atoms with Gasteiger partial charge in [0, 0.05) is 6.42 Å². The predicted octanol–water partition coefficient (Wildman–Crippen LogP) is 0.865. The number of nitriles is 1. The quantitative estimate of drug-likeness (QED) is 0.798. The molecule has 1 fully saturated rings. The molecule has 1 heterocycles. The Kier molecular flexibility index (Phi) is 5.34. The Morgan fingerprint density at radius 1 is 1.35 bits per heavy atom. The molecule has 0 saturated carbocycles. The lowest BCUT2D eigenvalue weighted by Gasteiger charge is -2.09. The molecule has 1 atom stereocenters. The Bertz CT molecular complexity index is 751. The van der Waals surface area contributed by atoms with Gasteiger partial charge in [-0.1, -0.05) is 12.1 Å². The number of nitrogens with one attached hydrogen (secondary N) is 1. The summed E-state index contributed by atoms with van der Waals surface area (Å²) in [6.07, 6.45) is 0.431. The van der Waals surface area contributed by atoms with Crippen LogP contribution in [0.15, 0.2) is 24.3 Å². The summed E-state index contributed by atoms with van der Waals surface area (Å²) in [4.78, 5) is 23.4. The van der Waals surface area contributed by atoms with Gasteiger partial charge >= 0.3 is 5.97 Å². The van der Waals surface area contributed by atoms with Gasteiger partial charge in [-0.25, -0.2) is 8.42 Å². The second-order valence-corrected chi connectivity index (χ2v) is 7.57. The van der Waals surface area contributed by atoms with Gasteiger partial charge in [-0.3, -0.25) is 9.59 Å². The van der Waals surface area contributed by atoms with Crippen molar-refractivity contribution in [2.45, 2.75) is 12.8 Å². The number of nitrogens with zero attached hydrogens (tertiary/aromatic N) is 1. The smallest absolute Gasteiger partial charge is 0.306 e. The number of para-hydroxylation sites is 1. The van der Waals surface area contributed by atoms with Crippen LogP contribution in [-0.2, 0) is 24.2 Å². The average molecular weight is 336 g/mol. The first-order valence-electron chi connectivity index (χ1n) is 7.04. The summed E-state index contributed by atoms with van der Waals surface area (Å²) in [6.45, 7) is -0.474. The number of carbonyl (C=O) groups excluding carboxylic acids is 2. The minimum Gasteiger partial charge on any atom is -0.456 e. The van der Waals surface area contributed by atoms with Crippen molar-refractivity contribution in [3.63, 3.8) is 0 Å². The van der Waals surface area contributed by atoms with Crippen LogP contribution in [0.25, 0.3) is 0 Å². The molecule has 0 spiro atoms. The minimum absolute atomic E-state index is 0.0101. The summed E-state index contributed by atoms with van der Waals surface area (Å²) in [5, 5.41) is 11.4. The molecule has 0 radical (unpaired) electrons. The lowest BCUT2D eigenvalue weighted by atomic mass is 10.1. The highest BCUT2D eigenvalue weighted by Gasteiger charge is 2.29. The Labute approximate surface area is 134 Å². The van der Waals surface area contributed by atoms with Gasteiger partial charge in [-0.15, -0.1) is 0 Å². The third kappa shape index (κ3) is 5.07. The van der Waals surface area contributed by atoms with Gasteiger partial charge in [0.1, 0.15) is 6.07 Å². The Balaban J connectivity index is 1.78. The van der Waals surface area contributed by atoms with Crippen LogP contribution >= 0.6 is 0 Å². The molecule has 0 bridgehead atoms. The number of sulfone groups is 1. The number of hydrogen-bond donors (Lipinski definition) is 1. The molecule has 1 amide bonds. The van der Waals surface area contributed by atoms with E-state index in [-0.39, 0.29) is 23.8 Å². The molecule has 1 saturated heterocycles. The Morgan fingerprint density at radius 2 is 2.09 bits per heavy atom. The number of amides is 1. The fourth-order valence-corrected chi connectivity index (χ4v) is 4.21. The van der Waals surface area contributed by atoms with Crippen LogP contribution in [0.2, 0.25) is 0 Å². The largest absolute Gasteiger partial charge is 0.456 e. The number of anilines is 1. The number of hydrogen-bond acceptors (Lipinski definition) is 6. The maximum Gasteiger partial charge on any atom is 0.306 e. The number of carbonyl (C=O) groups is 2. The standard InChI is InChI=1S/C15H16N2O5S/c16-8-12-3-1-2-4-13(12)17-14(18)9-22-15(19)7-11-5-6-23(20,21)10-11/h1-4,11H,5-7,9-10H2,(H,17,18)/t11-/m0/s1. The summed E-state index contributed by atoms with van der Waals surface area (Å²) < 4.78 is 27.5. The van der Waals surface area contributed by atoms with Gasteiger partial charge in [-0.05, 0) is 24.5 Å². The van der Waals surface area contributed by atoms with Crippen LogP contribution in [0.5, 0.6) is 0 Å². The van der Waals surface area contributed by atoms with E-state index in [2.05, 4.69) is 5.32 Å². The molecule has 0 aromatic heterocycles. The van der Waals surface area contributed by atoms with Crippen LogP contribution in [-0.4, -0.2) is 38.4 Å². The van der Waals surface area contributed by atoms with E-state index in [0.717, 1.165) is 0 Å². The van der Waals surface area contributed by atoms with Crippen molar-refractivity contribution in [2.24, 2.45) is 5.92 Å². The summed E-state index contributed by atoms with van der Waals surface area (Å²) in [5.74, 6) is -1.31. The zero-order valence-corrected chi connectivity index (χ0v) is 13.1. The second kappa shape index (κ2) is 7.24. The number of esters is 1. The Hall–Kier alpha value is -2.40. The van der Waals surface area contributed by atoms with Gasteiger partial charge < -0.3 is 10.1 Å². The van der Waals surface area contributed by atoms with Gasteiger partial charge in [0.15, 0.2) is 16.4 Å². The fraction of sp³-hybridized carbons (Fsp3) is 0.400. The van der Waals surface area contributed by atoms with E-state index in [1.807, 2.05) is 6.07 Å². The number of ether oxygens (including phenoxy) is 1. The minimum atomic E-state index is -3.04. The van der Waals surface area contributed by atoms with Crippen LogP contribution in [0.1, 0.15) is 18.4 Å². The molecule has 23 heavy (non-hydrogen) atoms. The van der Waals surface area contributed by atoms with Crippen molar-refractivity contribution < 1.29 is 22.7 Å². The third-order valence-electron chi connectivity index (χ3n) is 3.47. The van der Waals surface area contributed by atoms with E-state index in [1.165, 1.54) is 0 Å². The lowest BCUT2D eigenvalue weighted by Crippen LogP contribution is -2.22. The van der Waals surface area contributed by atoms with Gasteiger partial charge in [0.05, 0.1) is 22.8 Å². The van der Waals surface area contributed by atoms with Gasteiger partial charge in [0.25, 0.3) is 5.91 Å². The van der Waals surface area contributed by atoms with Crippen molar-refractivity contribution in [2.75, 3.05) is 23.4 Å². The van der Waals surface area contributed by atoms with Crippen molar-refractivity contribution in [3.05, 3.63) is 29.8 Å². The van der Waals surface area contributed by atoms with Crippen LogP contribution in [0.3, 0.4) is 0 Å². The summed E-state index contributed by atoms with van der Waals surface area (Å²) in [7, 11) is -3.04. The second-order valence-electron chi connectivity index (χ2n) is 5.34. The molecule has 0 unspecified atom stereocenters. The van der Waals surface area contributed by atoms with Crippen molar-refractivity contribution in [1.82, 2.24) is 0 Å². The number of rotatable bonds is 5. The highest BCUT2D eigenvalue weighted by Crippen LogP contribution is 2.21. The summed E-state index contributed by atoms with van der Waals surface area (Å²) in [6, 6.07) is 8.41. The van der Waals surface area contributed by atoms with E-state index in [4.69, 9.17) is 10.00 Å². The fourth-order valence-electron chi connectivity index (χ4n) is 2.35. The molecule has 1 aromatic carbocycles. The summed E-state index contributed by atoms with van der Waals surface area (Å²) in [5.41, 5.74) is 0.654. The normalized spacial score (nSPS) is 18.8. The van der Waals surface area contributed by atoms with Crippen molar-refractivity contribution in [1.29, 1.82) is 5.26 Å². The zero-order valence-electron chi connectivity index (χ0n) is 12.3. The highest BCUT2D eigenvalue weighted by molar-refractivity contribution is 7.91. The van der Waals surface area contributed by atoms with Crippen molar-refractivity contribution >= 4 is 27.4 Å². The molecule has 0 aliphatic carbocycles. The molecule has 7 nitrogen and oxygen atoms in total. The first-order valence-corrected chi connectivity index (χ1v) is 8.87. The van der Waals surface area contributed by atoms with Gasteiger partial charge in [-0.2, -0.15) is 5.26 Å². The van der Waals surface area contributed by atoms with E-state index >= 15 is 0 Å². The monoisotopic (exact) mass is 336 g/mol. The van der Waals surface area contributed by atoms with Crippen LogP contribution in [0, 0.1) is 17.2 Å². The third-order valence-corrected chi connectivity index (χ3v) is 5.30. The number of benzene rings is 1. The zero-order chi connectivity index (χ0) is 16.9. The SMILES string of the molecule is N#Cc1ccccc1NC(=O)COC(=O)C[C@@H]1CCS(=O)(=O)C1. The van der Waals surface area contributed by atoms with E-state index in [1.54, 1.807) is 24.3 Å².